The van der Waals surface area contributed by atoms with Crippen LogP contribution in [-0.4, -0.2) is 22.7 Å². The second kappa shape index (κ2) is 11.0. The van der Waals surface area contributed by atoms with E-state index in [4.69, 9.17) is 44.3 Å². The summed E-state index contributed by atoms with van der Waals surface area (Å²) in [4.78, 5) is 14.4. The summed E-state index contributed by atoms with van der Waals surface area (Å²) >= 11 is 18.5. The number of hydrogen-bond acceptors (Lipinski definition) is 7. The highest BCUT2D eigenvalue weighted by atomic mass is 35.5. The SMILES string of the molecule is CCOc1cc(/C=N\Nc2ncccc2[N+](=O)[O-])cc(Cl)c1OCc1ccc(Cl)cc1Cl. The van der Waals surface area contributed by atoms with Gasteiger partial charge >= 0.3 is 5.69 Å². The maximum Gasteiger partial charge on any atom is 0.313 e. The molecule has 166 valence electrons. The number of rotatable bonds is 9. The quantitative estimate of drug-likeness (QED) is 0.210. The molecule has 2 aromatic carbocycles. The van der Waals surface area contributed by atoms with Gasteiger partial charge in [0.25, 0.3) is 0 Å². The summed E-state index contributed by atoms with van der Waals surface area (Å²) < 4.78 is 11.5. The van der Waals surface area contributed by atoms with Crippen LogP contribution in [0, 0.1) is 10.1 Å². The van der Waals surface area contributed by atoms with Crippen LogP contribution >= 0.6 is 34.8 Å². The second-order valence-electron chi connectivity index (χ2n) is 6.29. The van der Waals surface area contributed by atoms with E-state index in [1.807, 2.05) is 6.92 Å². The number of pyridine rings is 1. The molecule has 0 atom stereocenters. The van der Waals surface area contributed by atoms with E-state index in [2.05, 4.69) is 15.5 Å². The van der Waals surface area contributed by atoms with Crippen LogP contribution in [0.2, 0.25) is 15.1 Å². The van der Waals surface area contributed by atoms with E-state index in [0.29, 0.717) is 38.7 Å². The molecule has 0 amide bonds. The normalized spacial score (nSPS) is 10.9. The second-order valence-corrected chi connectivity index (χ2v) is 7.54. The highest BCUT2D eigenvalue weighted by Crippen LogP contribution is 2.37. The molecule has 0 aliphatic rings. The molecule has 3 aromatic rings. The lowest BCUT2D eigenvalue weighted by Gasteiger charge is -2.15. The number of halogens is 3. The van der Waals surface area contributed by atoms with Gasteiger partial charge in [-0.15, -0.1) is 0 Å². The molecule has 0 bridgehead atoms. The lowest BCUT2D eigenvalue weighted by Crippen LogP contribution is -2.02. The Bertz CT molecular complexity index is 1160. The standard InChI is InChI=1S/C21H17Cl3N4O4/c1-2-31-19-9-13(11-26-27-21-18(28(29)30)4-3-7-25-21)8-17(24)20(19)32-12-14-5-6-15(22)10-16(14)23/h3-11H,2,12H2,1H3,(H,25,27)/b26-11-. The molecule has 0 unspecified atom stereocenters. The summed E-state index contributed by atoms with van der Waals surface area (Å²) in [7, 11) is 0. The minimum atomic E-state index is -0.548. The van der Waals surface area contributed by atoms with Crippen LogP contribution in [0.4, 0.5) is 11.5 Å². The summed E-state index contributed by atoms with van der Waals surface area (Å²) in [6.07, 6.45) is 2.86. The molecule has 32 heavy (non-hydrogen) atoms. The van der Waals surface area contributed by atoms with E-state index in [-0.39, 0.29) is 18.1 Å². The fourth-order valence-electron chi connectivity index (χ4n) is 2.65. The smallest absolute Gasteiger partial charge is 0.313 e. The van der Waals surface area contributed by atoms with Crippen molar-refractivity contribution in [2.75, 3.05) is 12.0 Å². The Morgan fingerprint density at radius 2 is 1.97 bits per heavy atom. The Kier molecular flexibility index (Phi) is 8.10. The summed E-state index contributed by atoms with van der Waals surface area (Å²) in [5.41, 5.74) is 3.69. The predicted molar refractivity (Wildman–Crippen MR) is 126 cm³/mol. The van der Waals surface area contributed by atoms with Crippen LogP contribution < -0.4 is 14.9 Å². The van der Waals surface area contributed by atoms with Gasteiger partial charge in [-0.05, 0) is 42.8 Å². The summed E-state index contributed by atoms with van der Waals surface area (Å²) in [5, 5.41) is 16.4. The van der Waals surface area contributed by atoms with E-state index >= 15 is 0 Å². The minimum absolute atomic E-state index is 0.0182. The molecular weight excluding hydrogens is 479 g/mol. The van der Waals surface area contributed by atoms with Gasteiger partial charge in [0.2, 0.25) is 5.82 Å². The van der Waals surface area contributed by atoms with Gasteiger partial charge in [-0.25, -0.2) is 4.98 Å². The third-order valence-corrected chi connectivity index (χ3v) is 4.95. The van der Waals surface area contributed by atoms with Crippen LogP contribution in [0.3, 0.4) is 0 Å². The first-order valence-corrected chi connectivity index (χ1v) is 10.4. The first-order valence-electron chi connectivity index (χ1n) is 9.30. The highest BCUT2D eigenvalue weighted by Gasteiger charge is 2.15. The Labute approximate surface area is 198 Å². The minimum Gasteiger partial charge on any atom is -0.490 e. The molecule has 0 aliphatic carbocycles. The van der Waals surface area contributed by atoms with Crippen molar-refractivity contribution in [1.29, 1.82) is 0 Å². The van der Waals surface area contributed by atoms with Crippen molar-refractivity contribution in [2.45, 2.75) is 13.5 Å². The molecule has 8 nitrogen and oxygen atoms in total. The summed E-state index contributed by atoms with van der Waals surface area (Å²) in [6, 6.07) is 11.2. The zero-order valence-corrected chi connectivity index (χ0v) is 19.0. The fraction of sp³-hybridized carbons (Fsp3) is 0.143. The van der Waals surface area contributed by atoms with Crippen molar-refractivity contribution in [3.05, 3.63) is 85.0 Å². The molecule has 0 saturated carbocycles. The number of nitrogens with zero attached hydrogens (tertiary/aromatic N) is 3. The maximum absolute atomic E-state index is 11.1. The Morgan fingerprint density at radius 1 is 1.16 bits per heavy atom. The first-order chi connectivity index (χ1) is 15.4. The lowest BCUT2D eigenvalue weighted by molar-refractivity contribution is -0.384. The Hall–Kier alpha value is -3.07. The lowest BCUT2D eigenvalue weighted by atomic mass is 10.2. The number of ether oxygens (including phenoxy) is 2. The number of hydrogen-bond donors (Lipinski definition) is 1. The third-order valence-electron chi connectivity index (χ3n) is 4.09. The highest BCUT2D eigenvalue weighted by molar-refractivity contribution is 6.35. The monoisotopic (exact) mass is 494 g/mol. The van der Waals surface area contributed by atoms with Gasteiger partial charge in [0.15, 0.2) is 11.5 Å². The van der Waals surface area contributed by atoms with E-state index < -0.39 is 4.92 Å². The molecule has 0 radical (unpaired) electrons. The van der Waals surface area contributed by atoms with E-state index in [1.54, 1.807) is 30.3 Å². The van der Waals surface area contributed by atoms with Crippen molar-refractivity contribution in [1.82, 2.24) is 4.98 Å². The summed E-state index contributed by atoms with van der Waals surface area (Å²) in [6.45, 7) is 2.37. The zero-order valence-electron chi connectivity index (χ0n) is 16.7. The van der Waals surface area contributed by atoms with E-state index in [1.165, 1.54) is 24.5 Å². The predicted octanol–water partition coefficient (Wildman–Crippen LogP) is 6.37. The number of benzene rings is 2. The molecule has 11 heteroatoms. The molecule has 3 rings (SSSR count). The largest absolute Gasteiger partial charge is 0.490 e. The van der Waals surface area contributed by atoms with Gasteiger partial charge in [-0.2, -0.15) is 5.10 Å². The molecule has 0 spiro atoms. The van der Waals surface area contributed by atoms with E-state index in [9.17, 15) is 10.1 Å². The molecule has 1 heterocycles. The van der Waals surface area contributed by atoms with Crippen LogP contribution in [0.5, 0.6) is 11.5 Å². The Balaban J connectivity index is 1.79. The first kappa shape index (κ1) is 23.6. The van der Waals surface area contributed by atoms with Crippen molar-refractivity contribution in [3.8, 4) is 11.5 Å². The van der Waals surface area contributed by atoms with Gasteiger partial charge in [0, 0.05) is 27.9 Å². The number of aromatic nitrogens is 1. The topological polar surface area (TPSA) is 98.9 Å². The van der Waals surface area contributed by atoms with Crippen LogP contribution in [0.25, 0.3) is 0 Å². The van der Waals surface area contributed by atoms with Gasteiger partial charge in [0.05, 0.1) is 22.8 Å². The Morgan fingerprint density at radius 3 is 2.69 bits per heavy atom. The van der Waals surface area contributed by atoms with Crippen molar-refractivity contribution in [2.24, 2.45) is 5.10 Å². The molecule has 0 fully saturated rings. The fourth-order valence-corrected chi connectivity index (χ4v) is 3.39. The number of hydrazone groups is 1. The van der Waals surface area contributed by atoms with Gasteiger partial charge in [0.1, 0.15) is 6.61 Å². The number of nitro groups is 1. The van der Waals surface area contributed by atoms with Crippen LogP contribution in [0.15, 0.2) is 53.8 Å². The van der Waals surface area contributed by atoms with Gasteiger partial charge < -0.3 is 9.47 Å². The molecular formula is C21H17Cl3N4O4. The average Bonchev–Trinajstić information content (AvgIpc) is 2.75. The third kappa shape index (κ3) is 6.00. The van der Waals surface area contributed by atoms with Gasteiger partial charge in [-0.1, -0.05) is 40.9 Å². The van der Waals surface area contributed by atoms with Crippen LogP contribution in [0.1, 0.15) is 18.1 Å². The molecule has 0 saturated heterocycles. The van der Waals surface area contributed by atoms with Gasteiger partial charge in [-0.3, -0.25) is 15.5 Å². The molecule has 1 aromatic heterocycles. The van der Waals surface area contributed by atoms with E-state index in [0.717, 1.165) is 5.56 Å². The number of nitrogens with one attached hydrogen (secondary N) is 1. The average molecular weight is 496 g/mol. The maximum atomic E-state index is 11.1. The molecule has 1 N–H and O–H groups in total. The van der Waals surface area contributed by atoms with Crippen LogP contribution in [-0.2, 0) is 6.61 Å². The summed E-state index contributed by atoms with van der Waals surface area (Å²) in [5.74, 6) is 0.782. The zero-order chi connectivity index (χ0) is 23.1. The van der Waals surface area contributed by atoms with Crippen molar-refractivity contribution in [3.63, 3.8) is 0 Å². The van der Waals surface area contributed by atoms with Crippen molar-refractivity contribution >= 4 is 52.5 Å². The van der Waals surface area contributed by atoms with Crippen molar-refractivity contribution < 1.29 is 14.4 Å². The molecule has 0 aliphatic heterocycles. The number of anilines is 1.